The monoisotopic (exact) mass is 477 g/mol. The first-order valence-electron chi connectivity index (χ1n) is 11.2. The van der Waals surface area contributed by atoms with Gasteiger partial charge < -0.3 is 19.7 Å². The molecular formula is C26H27N3O6. The van der Waals surface area contributed by atoms with E-state index < -0.39 is 24.0 Å². The van der Waals surface area contributed by atoms with Crippen molar-refractivity contribution in [2.24, 2.45) is 5.41 Å². The molecule has 1 unspecified atom stereocenters. The predicted octanol–water partition coefficient (Wildman–Crippen LogP) is 4.65. The third-order valence-corrected chi connectivity index (χ3v) is 5.73. The maximum absolute atomic E-state index is 12.4. The molecule has 1 aliphatic rings. The van der Waals surface area contributed by atoms with Crippen molar-refractivity contribution in [3.05, 3.63) is 71.4 Å². The zero-order chi connectivity index (χ0) is 25.2. The van der Waals surface area contributed by atoms with Crippen molar-refractivity contribution in [2.45, 2.75) is 39.2 Å². The highest BCUT2D eigenvalue weighted by Crippen LogP contribution is 2.44. The summed E-state index contributed by atoms with van der Waals surface area (Å²) in [7, 11) is 0. The molecule has 35 heavy (non-hydrogen) atoms. The van der Waals surface area contributed by atoms with Crippen LogP contribution in [-0.4, -0.2) is 40.9 Å². The van der Waals surface area contributed by atoms with Gasteiger partial charge in [0.15, 0.2) is 5.69 Å². The second kappa shape index (κ2) is 9.61. The number of fused-ring (bicyclic) bond motifs is 3. The van der Waals surface area contributed by atoms with Crippen molar-refractivity contribution in [2.75, 3.05) is 11.9 Å². The largest absolute Gasteiger partial charge is 0.480 e. The molecule has 0 bridgehead atoms. The smallest absolute Gasteiger partial charge is 0.414 e. The van der Waals surface area contributed by atoms with Gasteiger partial charge in [-0.2, -0.15) is 0 Å². The number of amides is 2. The minimum atomic E-state index is -1.14. The molecule has 4 rings (SSSR count). The molecule has 0 fully saturated rings. The van der Waals surface area contributed by atoms with E-state index in [-0.39, 0.29) is 35.9 Å². The number of hydrogen-bond acceptors (Lipinski definition) is 6. The SMILES string of the molecule is CC(C)(C)CC(NC(=O)c1cc(NC(=O)OCC2c3ccccc3-c3ccccc32)on1)C(=O)O. The van der Waals surface area contributed by atoms with Crippen LogP contribution >= 0.6 is 0 Å². The standard InChI is InChI=1S/C26H27N3O6/c1-26(2,3)13-21(24(31)32)27-23(30)20-12-22(35-29-20)28-25(33)34-14-19-17-10-6-4-8-15(17)16-9-5-7-11-18(16)19/h4-12,19,21H,13-14H2,1-3H3,(H,27,30)(H,28,33)(H,31,32). The van der Waals surface area contributed by atoms with Crippen molar-refractivity contribution in [3.8, 4) is 11.1 Å². The van der Waals surface area contributed by atoms with Gasteiger partial charge in [0.2, 0.25) is 5.88 Å². The van der Waals surface area contributed by atoms with Crippen LogP contribution in [0.15, 0.2) is 59.1 Å². The quantitative estimate of drug-likeness (QED) is 0.451. The van der Waals surface area contributed by atoms with Crippen molar-refractivity contribution in [1.82, 2.24) is 10.5 Å². The first kappa shape index (κ1) is 24.0. The highest BCUT2D eigenvalue weighted by Gasteiger charge is 2.30. The number of nitrogens with zero attached hydrogens (tertiary/aromatic N) is 1. The van der Waals surface area contributed by atoms with Gasteiger partial charge in [0.05, 0.1) is 0 Å². The first-order chi connectivity index (χ1) is 16.6. The summed E-state index contributed by atoms with van der Waals surface area (Å²) >= 11 is 0. The van der Waals surface area contributed by atoms with Gasteiger partial charge in [-0.05, 0) is 34.1 Å². The summed E-state index contributed by atoms with van der Waals surface area (Å²) in [6.45, 7) is 5.75. The Morgan fingerprint density at radius 1 is 1.06 bits per heavy atom. The Kier molecular flexibility index (Phi) is 6.59. The fourth-order valence-corrected chi connectivity index (χ4v) is 4.22. The molecule has 0 radical (unpaired) electrons. The van der Waals surface area contributed by atoms with Gasteiger partial charge in [0.25, 0.3) is 5.91 Å². The van der Waals surface area contributed by atoms with E-state index in [0.29, 0.717) is 0 Å². The molecule has 1 aliphatic carbocycles. The molecule has 2 aromatic carbocycles. The highest BCUT2D eigenvalue weighted by atomic mass is 16.6. The second-order valence-electron chi connectivity index (χ2n) is 9.66. The van der Waals surface area contributed by atoms with Gasteiger partial charge in [0.1, 0.15) is 12.6 Å². The number of anilines is 1. The van der Waals surface area contributed by atoms with Gasteiger partial charge in [0, 0.05) is 12.0 Å². The van der Waals surface area contributed by atoms with E-state index in [4.69, 9.17) is 9.26 Å². The number of carboxylic acid groups (broad SMARTS) is 1. The molecule has 0 aliphatic heterocycles. The summed E-state index contributed by atoms with van der Waals surface area (Å²) in [4.78, 5) is 36.3. The number of aliphatic carboxylic acids is 1. The summed E-state index contributed by atoms with van der Waals surface area (Å²) in [6, 6.07) is 16.1. The van der Waals surface area contributed by atoms with Crippen molar-refractivity contribution < 1.29 is 28.8 Å². The van der Waals surface area contributed by atoms with Crippen LogP contribution in [0.2, 0.25) is 0 Å². The third-order valence-electron chi connectivity index (χ3n) is 5.73. The minimum Gasteiger partial charge on any atom is -0.480 e. The van der Waals surface area contributed by atoms with Gasteiger partial charge in [-0.15, -0.1) is 0 Å². The van der Waals surface area contributed by atoms with E-state index in [1.54, 1.807) is 0 Å². The molecule has 0 saturated carbocycles. The Bertz CT molecular complexity index is 1210. The molecule has 1 heterocycles. The highest BCUT2D eigenvalue weighted by molar-refractivity contribution is 5.96. The zero-order valence-corrected chi connectivity index (χ0v) is 19.7. The zero-order valence-electron chi connectivity index (χ0n) is 19.7. The van der Waals surface area contributed by atoms with E-state index in [1.807, 2.05) is 69.3 Å². The maximum atomic E-state index is 12.4. The van der Waals surface area contributed by atoms with Crippen molar-refractivity contribution >= 4 is 23.9 Å². The Balaban J connectivity index is 1.36. The van der Waals surface area contributed by atoms with Crippen LogP contribution in [0, 0.1) is 5.41 Å². The summed E-state index contributed by atoms with van der Waals surface area (Å²) in [5, 5.41) is 17.9. The molecule has 0 spiro atoms. The van der Waals surface area contributed by atoms with E-state index in [2.05, 4.69) is 15.8 Å². The summed E-state index contributed by atoms with van der Waals surface area (Å²) in [5.41, 5.74) is 3.95. The van der Waals surface area contributed by atoms with Crippen LogP contribution in [0.25, 0.3) is 11.1 Å². The molecule has 0 saturated heterocycles. The molecule has 1 atom stereocenters. The third kappa shape index (κ3) is 5.51. The van der Waals surface area contributed by atoms with Gasteiger partial charge in [-0.3, -0.25) is 10.1 Å². The number of rotatable bonds is 7. The number of aromatic nitrogens is 1. The lowest BCUT2D eigenvalue weighted by Crippen LogP contribution is -2.43. The van der Waals surface area contributed by atoms with E-state index in [0.717, 1.165) is 22.3 Å². The fourth-order valence-electron chi connectivity index (χ4n) is 4.22. The average Bonchev–Trinajstić information content (AvgIpc) is 3.39. The fraction of sp³-hybridized carbons (Fsp3) is 0.308. The van der Waals surface area contributed by atoms with Crippen LogP contribution in [0.4, 0.5) is 10.7 Å². The van der Waals surface area contributed by atoms with Crippen LogP contribution in [-0.2, 0) is 9.53 Å². The van der Waals surface area contributed by atoms with Gasteiger partial charge in [-0.25, -0.2) is 9.59 Å². The summed E-state index contributed by atoms with van der Waals surface area (Å²) in [5.74, 6) is -2.05. The number of benzene rings is 2. The van der Waals surface area contributed by atoms with Crippen LogP contribution in [0.1, 0.15) is 54.7 Å². The van der Waals surface area contributed by atoms with Crippen LogP contribution < -0.4 is 10.6 Å². The Labute approximate surface area is 202 Å². The van der Waals surface area contributed by atoms with Crippen molar-refractivity contribution in [3.63, 3.8) is 0 Å². The van der Waals surface area contributed by atoms with E-state index in [9.17, 15) is 19.5 Å². The molecule has 9 heteroatoms. The Hall–Kier alpha value is -4.14. The number of nitrogens with one attached hydrogen (secondary N) is 2. The normalized spacial score (nSPS) is 13.5. The number of carbonyl (C=O) groups is 3. The molecule has 3 N–H and O–H groups in total. The number of hydrogen-bond donors (Lipinski definition) is 3. The van der Waals surface area contributed by atoms with E-state index in [1.165, 1.54) is 6.07 Å². The number of carboxylic acids is 1. The molecular weight excluding hydrogens is 450 g/mol. The minimum absolute atomic E-state index is 0.0879. The van der Waals surface area contributed by atoms with Gasteiger partial charge in [-0.1, -0.05) is 74.5 Å². The van der Waals surface area contributed by atoms with E-state index >= 15 is 0 Å². The molecule has 182 valence electrons. The van der Waals surface area contributed by atoms with Crippen molar-refractivity contribution in [1.29, 1.82) is 0 Å². The lowest BCUT2D eigenvalue weighted by Gasteiger charge is -2.23. The summed E-state index contributed by atoms with van der Waals surface area (Å²) < 4.78 is 10.5. The summed E-state index contributed by atoms with van der Waals surface area (Å²) in [6.07, 6.45) is -0.525. The van der Waals surface area contributed by atoms with Crippen LogP contribution in [0.5, 0.6) is 0 Å². The second-order valence-corrected chi connectivity index (χ2v) is 9.66. The Morgan fingerprint density at radius 3 is 2.23 bits per heavy atom. The first-order valence-corrected chi connectivity index (χ1v) is 11.2. The molecule has 1 aromatic heterocycles. The topological polar surface area (TPSA) is 131 Å². The number of ether oxygens (including phenoxy) is 1. The predicted molar refractivity (Wildman–Crippen MR) is 128 cm³/mol. The lowest BCUT2D eigenvalue weighted by atomic mass is 9.88. The molecule has 2 amide bonds. The number of carbonyl (C=O) groups excluding carboxylic acids is 2. The average molecular weight is 478 g/mol. The Morgan fingerprint density at radius 2 is 1.66 bits per heavy atom. The lowest BCUT2D eigenvalue weighted by molar-refractivity contribution is -0.140. The maximum Gasteiger partial charge on any atom is 0.414 e. The molecule has 3 aromatic rings. The van der Waals surface area contributed by atoms with Crippen LogP contribution in [0.3, 0.4) is 0 Å². The molecule has 9 nitrogen and oxygen atoms in total. The van der Waals surface area contributed by atoms with Gasteiger partial charge >= 0.3 is 12.1 Å².